The molecule has 0 fully saturated rings. The maximum atomic E-state index is 11.3. The van der Waals surface area contributed by atoms with Gasteiger partial charge in [-0.05, 0) is 12.8 Å². The van der Waals surface area contributed by atoms with Crippen molar-refractivity contribution in [1.82, 2.24) is 10.6 Å². The highest BCUT2D eigenvalue weighted by atomic mass is 16.5. The highest BCUT2D eigenvalue weighted by Gasteiger charge is 2.17. The summed E-state index contributed by atoms with van der Waals surface area (Å²) in [7, 11) is 1.59. The number of amides is 2. The predicted octanol–water partition coefficient (Wildman–Crippen LogP) is 0.575. The summed E-state index contributed by atoms with van der Waals surface area (Å²) in [6.07, 6.45) is 1.84. The van der Waals surface area contributed by atoms with E-state index in [0.29, 0.717) is 32.4 Å². The van der Waals surface area contributed by atoms with E-state index >= 15 is 0 Å². The largest absolute Gasteiger partial charge is 0.480 e. The second kappa shape index (κ2) is 8.96. The molecule has 0 heterocycles. The van der Waals surface area contributed by atoms with Crippen LogP contribution in [0, 0.1) is 0 Å². The first-order valence-electron chi connectivity index (χ1n) is 5.38. The van der Waals surface area contributed by atoms with Crippen LogP contribution in [0.1, 0.15) is 26.2 Å². The maximum Gasteiger partial charge on any atom is 0.326 e. The van der Waals surface area contributed by atoms with Gasteiger partial charge in [-0.3, -0.25) is 0 Å². The smallest absolute Gasteiger partial charge is 0.326 e. The van der Waals surface area contributed by atoms with Gasteiger partial charge in [0, 0.05) is 20.3 Å². The van der Waals surface area contributed by atoms with E-state index in [-0.39, 0.29) is 0 Å². The first-order chi connectivity index (χ1) is 7.61. The van der Waals surface area contributed by atoms with E-state index in [1.165, 1.54) is 0 Å². The number of carboxylic acid groups (broad SMARTS) is 1. The molecule has 0 saturated carbocycles. The molecule has 0 saturated heterocycles. The second-order valence-electron chi connectivity index (χ2n) is 3.43. The minimum atomic E-state index is -1.01. The van der Waals surface area contributed by atoms with E-state index in [2.05, 4.69) is 10.6 Å². The number of hydrogen-bond donors (Lipinski definition) is 3. The molecular formula is C10H20N2O4. The monoisotopic (exact) mass is 232 g/mol. The predicted molar refractivity (Wildman–Crippen MR) is 59.4 cm³/mol. The standard InChI is InChI=1S/C10H20N2O4/c1-3-5-8(9(13)14)12-10(15)11-6-4-7-16-2/h8H,3-7H2,1-2H3,(H,13,14)(H2,11,12,15). The number of rotatable bonds is 8. The van der Waals surface area contributed by atoms with Gasteiger partial charge in [-0.25, -0.2) is 9.59 Å². The highest BCUT2D eigenvalue weighted by Crippen LogP contribution is 1.96. The van der Waals surface area contributed by atoms with Gasteiger partial charge in [0.05, 0.1) is 0 Å². The molecule has 0 spiro atoms. The quantitative estimate of drug-likeness (QED) is 0.534. The summed E-state index contributed by atoms with van der Waals surface area (Å²) in [5.74, 6) is -1.01. The molecule has 0 bridgehead atoms. The SMILES string of the molecule is CCCC(NC(=O)NCCCOC)C(=O)O. The number of carboxylic acids is 1. The highest BCUT2D eigenvalue weighted by molar-refractivity contribution is 5.82. The van der Waals surface area contributed by atoms with Crippen LogP contribution in [0.5, 0.6) is 0 Å². The first kappa shape index (κ1) is 14.7. The molecule has 3 N–H and O–H groups in total. The van der Waals surface area contributed by atoms with Crippen LogP contribution in [-0.4, -0.2) is 43.4 Å². The Morgan fingerprint density at radius 1 is 1.44 bits per heavy atom. The fourth-order valence-electron chi connectivity index (χ4n) is 1.17. The van der Waals surface area contributed by atoms with Crippen LogP contribution in [-0.2, 0) is 9.53 Å². The Kier molecular flexibility index (Phi) is 8.24. The van der Waals surface area contributed by atoms with Gasteiger partial charge in [-0.1, -0.05) is 13.3 Å². The van der Waals surface area contributed by atoms with Gasteiger partial charge < -0.3 is 20.5 Å². The Morgan fingerprint density at radius 2 is 2.12 bits per heavy atom. The number of nitrogens with one attached hydrogen (secondary N) is 2. The fraction of sp³-hybridized carbons (Fsp3) is 0.800. The topological polar surface area (TPSA) is 87.7 Å². The molecule has 0 aliphatic carbocycles. The maximum absolute atomic E-state index is 11.3. The summed E-state index contributed by atoms with van der Waals surface area (Å²) < 4.78 is 4.82. The van der Waals surface area contributed by atoms with Crippen LogP contribution >= 0.6 is 0 Å². The van der Waals surface area contributed by atoms with Gasteiger partial charge in [0.1, 0.15) is 6.04 Å². The zero-order valence-corrected chi connectivity index (χ0v) is 9.78. The number of aliphatic carboxylic acids is 1. The van der Waals surface area contributed by atoms with Gasteiger partial charge in [-0.2, -0.15) is 0 Å². The van der Waals surface area contributed by atoms with Crippen LogP contribution in [0.2, 0.25) is 0 Å². The van der Waals surface area contributed by atoms with Crippen molar-refractivity contribution in [1.29, 1.82) is 0 Å². The molecule has 2 amide bonds. The number of hydrogen-bond acceptors (Lipinski definition) is 3. The lowest BCUT2D eigenvalue weighted by Gasteiger charge is -2.14. The number of methoxy groups -OCH3 is 1. The van der Waals surface area contributed by atoms with Gasteiger partial charge >= 0.3 is 12.0 Å². The molecule has 0 aromatic rings. The molecule has 0 aromatic carbocycles. The number of carbonyl (C=O) groups is 2. The summed E-state index contributed by atoms with van der Waals surface area (Å²) in [6.45, 7) is 2.91. The van der Waals surface area contributed by atoms with E-state index in [4.69, 9.17) is 9.84 Å². The Labute approximate surface area is 95.4 Å². The molecule has 0 aromatic heterocycles. The van der Waals surface area contributed by atoms with Gasteiger partial charge in [0.2, 0.25) is 0 Å². The minimum absolute atomic E-state index is 0.431. The summed E-state index contributed by atoms with van der Waals surface area (Å²) >= 11 is 0. The van der Waals surface area contributed by atoms with Crippen LogP contribution in [0.3, 0.4) is 0 Å². The Morgan fingerprint density at radius 3 is 2.62 bits per heavy atom. The number of carbonyl (C=O) groups excluding carboxylic acids is 1. The van der Waals surface area contributed by atoms with E-state index in [1.807, 2.05) is 6.92 Å². The zero-order valence-electron chi connectivity index (χ0n) is 9.78. The molecule has 6 heteroatoms. The van der Waals surface area contributed by atoms with Crippen molar-refractivity contribution in [3.8, 4) is 0 Å². The van der Waals surface area contributed by atoms with Crippen molar-refractivity contribution in [3.63, 3.8) is 0 Å². The third kappa shape index (κ3) is 7.05. The molecule has 0 rings (SSSR count). The number of ether oxygens (including phenoxy) is 1. The molecule has 0 aliphatic rings. The Hall–Kier alpha value is -1.30. The molecule has 0 radical (unpaired) electrons. The zero-order chi connectivity index (χ0) is 12.4. The first-order valence-corrected chi connectivity index (χ1v) is 5.38. The van der Waals surface area contributed by atoms with Crippen LogP contribution < -0.4 is 10.6 Å². The number of urea groups is 1. The third-order valence-electron chi connectivity index (χ3n) is 1.99. The van der Waals surface area contributed by atoms with E-state index < -0.39 is 18.0 Å². The summed E-state index contributed by atoms with van der Waals surface area (Å²) in [5, 5.41) is 13.8. The normalized spacial score (nSPS) is 11.9. The summed E-state index contributed by atoms with van der Waals surface area (Å²) in [6, 6.07) is -1.26. The van der Waals surface area contributed by atoms with Crippen molar-refractivity contribution < 1.29 is 19.4 Å². The van der Waals surface area contributed by atoms with Crippen molar-refractivity contribution in [2.24, 2.45) is 0 Å². The lowest BCUT2D eigenvalue weighted by Crippen LogP contribution is -2.46. The van der Waals surface area contributed by atoms with Gasteiger partial charge in [0.25, 0.3) is 0 Å². The van der Waals surface area contributed by atoms with Crippen molar-refractivity contribution in [2.75, 3.05) is 20.3 Å². The lowest BCUT2D eigenvalue weighted by atomic mass is 10.2. The van der Waals surface area contributed by atoms with Crippen molar-refractivity contribution >= 4 is 12.0 Å². The Balaban J connectivity index is 3.77. The van der Waals surface area contributed by atoms with Crippen LogP contribution in [0.4, 0.5) is 4.79 Å². The van der Waals surface area contributed by atoms with Crippen LogP contribution in [0.25, 0.3) is 0 Å². The second-order valence-corrected chi connectivity index (χ2v) is 3.43. The summed E-state index contributed by atoms with van der Waals surface area (Å²) in [4.78, 5) is 22.0. The van der Waals surface area contributed by atoms with Crippen LogP contribution in [0.15, 0.2) is 0 Å². The average molecular weight is 232 g/mol. The Bertz CT molecular complexity index is 221. The molecule has 0 aliphatic heterocycles. The molecule has 1 atom stereocenters. The van der Waals surface area contributed by atoms with E-state index in [1.54, 1.807) is 7.11 Å². The third-order valence-corrected chi connectivity index (χ3v) is 1.99. The molecular weight excluding hydrogens is 212 g/mol. The molecule has 6 nitrogen and oxygen atoms in total. The van der Waals surface area contributed by atoms with E-state index in [9.17, 15) is 9.59 Å². The summed E-state index contributed by atoms with van der Waals surface area (Å²) in [5.41, 5.74) is 0. The minimum Gasteiger partial charge on any atom is -0.480 e. The van der Waals surface area contributed by atoms with Gasteiger partial charge in [-0.15, -0.1) is 0 Å². The van der Waals surface area contributed by atoms with Gasteiger partial charge in [0.15, 0.2) is 0 Å². The fourth-order valence-corrected chi connectivity index (χ4v) is 1.17. The van der Waals surface area contributed by atoms with Crippen molar-refractivity contribution in [3.05, 3.63) is 0 Å². The van der Waals surface area contributed by atoms with E-state index in [0.717, 1.165) is 0 Å². The molecule has 94 valence electrons. The lowest BCUT2D eigenvalue weighted by molar-refractivity contribution is -0.139. The molecule has 1 unspecified atom stereocenters. The average Bonchev–Trinajstić information content (AvgIpc) is 2.23. The van der Waals surface area contributed by atoms with Crippen molar-refractivity contribution in [2.45, 2.75) is 32.2 Å². The molecule has 16 heavy (non-hydrogen) atoms.